The summed E-state index contributed by atoms with van der Waals surface area (Å²) in [4.78, 5) is 31.5. The van der Waals surface area contributed by atoms with Crippen molar-refractivity contribution >= 4 is 28.9 Å². The van der Waals surface area contributed by atoms with E-state index in [0.29, 0.717) is 45.1 Å². The number of para-hydroxylation sites is 4. The Balaban J connectivity index is 1.37. The number of carbonyl (C=O) groups is 2. The highest BCUT2D eigenvalue weighted by Crippen LogP contribution is 2.29. The van der Waals surface area contributed by atoms with E-state index in [2.05, 4.69) is 15.1 Å². The van der Waals surface area contributed by atoms with Gasteiger partial charge in [-0.2, -0.15) is 0 Å². The maximum absolute atomic E-state index is 12.8. The molecule has 2 aromatic rings. The van der Waals surface area contributed by atoms with Crippen molar-refractivity contribution in [2.24, 2.45) is 0 Å². The molecule has 0 atom stereocenters. The first-order valence-corrected chi connectivity index (χ1v) is 10.6. The monoisotopic (exact) mass is 424 g/mol. The Labute approximate surface area is 182 Å². The fourth-order valence-corrected chi connectivity index (χ4v) is 4.02. The molecule has 0 saturated carbocycles. The van der Waals surface area contributed by atoms with Crippen LogP contribution in [0.3, 0.4) is 0 Å². The molecule has 0 radical (unpaired) electrons. The summed E-state index contributed by atoms with van der Waals surface area (Å²) in [5, 5.41) is 2.82. The van der Waals surface area contributed by atoms with Crippen molar-refractivity contribution in [3.8, 4) is 5.75 Å². The predicted octanol–water partition coefficient (Wildman–Crippen LogP) is 1.82. The number of ether oxygens (including phenoxy) is 2. The number of amides is 2. The average molecular weight is 425 g/mol. The normalized spacial score (nSPS) is 16.7. The summed E-state index contributed by atoms with van der Waals surface area (Å²) in [6.45, 7) is 5.06. The van der Waals surface area contributed by atoms with Crippen LogP contribution in [0.5, 0.6) is 5.75 Å². The van der Waals surface area contributed by atoms with Crippen molar-refractivity contribution in [2.45, 2.75) is 0 Å². The van der Waals surface area contributed by atoms with E-state index in [1.54, 1.807) is 12.0 Å². The van der Waals surface area contributed by atoms with Crippen LogP contribution >= 0.6 is 0 Å². The lowest BCUT2D eigenvalue weighted by atomic mass is 10.2. The Bertz CT molecular complexity index is 921. The summed E-state index contributed by atoms with van der Waals surface area (Å²) in [7, 11) is 1.65. The number of nitrogens with one attached hydrogen (secondary N) is 1. The maximum atomic E-state index is 12.8. The van der Waals surface area contributed by atoms with Gasteiger partial charge in [-0.15, -0.1) is 0 Å². The molecule has 4 rings (SSSR count). The Morgan fingerprint density at radius 1 is 0.839 bits per heavy atom. The van der Waals surface area contributed by atoms with Gasteiger partial charge in [-0.05, 0) is 24.3 Å². The molecule has 8 heteroatoms. The number of methoxy groups -OCH3 is 1. The number of anilines is 3. The van der Waals surface area contributed by atoms with Gasteiger partial charge in [0.25, 0.3) is 0 Å². The third kappa shape index (κ3) is 4.74. The Morgan fingerprint density at radius 3 is 2.16 bits per heavy atom. The van der Waals surface area contributed by atoms with E-state index in [9.17, 15) is 9.59 Å². The highest BCUT2D eigenvalue weighted by Gasteiger charge is 2.28. The van der Waals surface area contributed by atoms with E-state index in [4.69, 9.17) is 9.47 Å². The molecule has 2 heterocycles. The third-order valence-corrected chi connectivity index (χ3v) is 5.69. The van der Waals surface area contributed by atoms with Gasteiger partial charge < -0.3 is 29.5 Å². The van der Waals surface area contributed by atoms with E-state index in [1.165, 1.54) is 0 Å². The van der Waals surface area contributed by atoms with Gasteiger partial charge in [-0.3, -0.25) is 9.59 Å². The van der Waals surface area contributed by atoms with Crippen molar-refractivity contribution in [2.75, 3.05) is 74.7 Å². The van der Waals surface area contributed by atoms with Gasteiger partial charge in [0.15, 0.2) is 0 Å². The van der Waals surface area contributed by atoms with Crippen molar-refractivity contribution in [1.29, 1.82) is 0 Å². The summed E-state index contributed by atoms with van der Waals surface area (Å²) in [5.74, 6) is -0.303. The number of carbonyl (C=O) groups excluding carboxylic acids is 2. The minimum Gasteiger partial charge on any atom is -0.495 e. The lowest BCUT2D eigenvalue weighted by Gasteiger charge is -2.36. The molecule has 2 amide bonds. The second kappa shape index (κ2) is 9.70. The van der Waals surface area contributed by atoms with Gasteiger partial charge >= 0.3 is 11.8 Å². The molecule has 1 N–H and O–H groups in total. The number of morpholine rings is 1. The zero-order valence-corrected chi connectivity index (χ0v) is 17.8. The number of piperazine rings is 1. The van der Waals surface area contributed by atoms with Crippen LogP contribution in [0.4, 0.5) is 17.1 Å². The van der Waals surface area contributed by atoms with Crippen molar-refractivity contribution in [3.05, 3.63) is 48.5 Å². The van der Waals surface area contributed by atoms with E-state index < -0.39 is 11.8 Å². The predicted molar refractivity (Wildman–Crippen MR) is 120 cm³/mol. The molecule has 0 aromatic heterocycles. The van der Waals surface area contributed by atoms with Crippen LogP contribution in [0.2, 0.25) is 0 Å². The molecule has 8 nitrogen and oxygen atoms in total. The minimum absolute atomic E-state index is 0.482. The van der Waals surface area contributed by atoms with E-state index in [1.807, 2.05) is 48.5 Å². The summed E-state index contributed by atoms with van der Waals surface area (Å²) in [6.07, 6.45) is 0. The lowest BCUT2D eigenvalue weighted by Crippen LogP contribution is -2.51. The van der Waals surface area contributed by atoms with Gasteiger partial charge in [-0.25, -0.2) is 0 Å². The van der Waals surface area contributed by atoms with Crippen LogP contribution in [0.25, 0.3) is 0 Å². The fourth-order valence-electron chi connectivity index (χ4n) is 4.02. The van der Waals surface area contributed by atoms with Crippen LogP contribution < -0.4 is 19.9 Å². The van der Waals surface area contributed by atoms with E-state index >= 15 is 0 Å². The van der Waals surface area contributed by atoms with E-state index in [-0.39, 0.29) is 0 Å². The SMILES string of the molecule is COc1ccccc1N1CCN(C(=O)C(=O)Nc2ccccc2N2CCOCC2)CC1. The maximum Gasteiger partial charge on any atom is 0.313 e. The standard InChI is InChI=1S/C23H28N4O4/c1-30-21-9-5-4-8-20(21)25-10-12-27(13-11-25)23(29)22(28)24-18-6-2-3-7-19(18)26-14-16-31-17-15-26/h2-9H,10-17H2,1H3,(H,24,28). The Morgan fingerprint density at radius 2 is 1.45 bits per heavy atom. The van der Waals surface area contributed by atoms with Crippen LogP contribution in [0.15, 0.2) is 48.5 Å². The Hall–Kier alpha value is -3.26. The summed E-state index contributed by atoms with van der Waals surface area (Å²) in [6, 6.07) is 15.4. The van der Waals surface area contributed by atoms with Crippen LogP contribution in [0.1, 0.15) is 0 Å². The molecule has 2 fully saturated rings. The van der Waals surface area contributed by atoms with Crippen molar-refractivity contribution in [3.63, 3.8) is 0 Å². The fraction of sp³-hybridized carbons (Fsp3) is 0.391. The number of benzene rings is 2. The minimum atomic E-state index is -0.605. The number of hydrogen-bond acceptors (Lipinski definition) is 6. The zero-order chi connectivity index (χ0) is 21.6. The first-order chi connectivity index (χ1) is 15.2. The van der Waals surface area contributed by atoms with Gasteiger partial charge in [-0.1, -0.05) is 24.3 Å². The summed E-state index contributed by atoms with van der Waals surface area (Å²) >= 11 is 0. The van der Waals surface area contributed by atoms with Gasteiger partial charge in [0.05, 0.1) is 37.4 Å². The summed E-state index contributed by atoms with van der Waals surface area (Å²) < 4.78 is 10.9. The number of rotatable bonds is 4. The largest absolute Gasteiger partial charge is 0.495 e. The molecule has 2 aromatic carbocycles. The lowest BCUT2D eigenvalue weighted by molar-refractivity contribution is -0.143. The first-order valence-electron chi connectivity index (χ1n) is 10.6. The number of nitrogens with zero attached hydrogens (tertiary/aromatic N) is 3. The van der Waals surface area contributed by atoms with Crippen LogP contribution in [-0.2, 0) is 14.3 Å². The molecule has 0 bridgehead atoms. The second-order valence-corrected chi connectivity index (χ2v) is 7.52. The quantitative estimate of drug-likeness (QED) is 0.755. The zero-order valence-electron chi connectivity index (χ0n) is 17.8. The molecule has 0 aliphatic carbocycles. The molecule has 2 saturated heterocycles. The van der Waals surface area contributed by atoms with Crippen LogP contribution in [-0.4, -0.2) is 76.3 Å². The molecule has 2 aliphatic rings. The topological polar surface area (TPSA) is 74.4 Å². The van der Waals surface area contributed by atoms with Crippen LogP contribution in [0, 0.1) is 0 Å². The molecule has 2 aliphatic heterocycles. The average Bonchev–Trinajstić information content (AvgIpc) is 2.84. The third-order valence-electron chi connectivity index (χ3n) is 5.69. The van der Waals surface area contributed by atoms with Gasteiger partial charge in [0.2, 0.25) is 0 Å². The number of hydrogen-bond donors (Lipinski definition) is 1. The first kappa shape index (κ1) is 21.0. The highest BCUT2D eigenvalue weighted by molar-refractivity contribution is 6.39. The summed E-state index contributed by atoms with van der Waals surface area (Å²) in [5.41, 5.74) is 2.56. The van der Waals surface area contributed by atoms with Gasteiger partial charge in [0.1, 0.15) is 5.75 Å². The van der Waals surface area contributed by atoms with Crippen molar-refractivity contribution < 1.29 is 19.1 Å². The Kier molecular flexibility index (Phi) is 6.57. The smallest absolute Gasteiger partial charge is 0.313 e. The molecule has 31 heavy (non-hydrogen) atoms. The van der Waals surface area contributed by atoms with E-state index in [0.717, 1.165) is 30.2 Å². The molecular formula is C23H28N4O4. The highest BCUT2D eigenvalue weighted by atomic mass is 16.5. The second-order valence-electron chi connectivity index (χ2n) is 7.52. The molecule has 164 valence electrons. The molecule has 0 spiro atoms. The van der Waals surface area contributed by atoms with Gasteiger partial charge in [0, 0.05) is 39.3 Å². The molecule has 0 unspecified atom stereocenters. The molecular weight excluding hydrogens is 396 g/mol. The van der Waals surface area contributed by atoms with Crippen molar-refractivity contribution in [1.82, 2.24) is 4.90 Å².